The van der Waals surface area contributed by atoms with E-state index in [9.17, 15) is 9.18 Å². The van der Waals surface area contributed by atoms with Gasteiger partial charge in [-0.2, -0.15) is 0 Å². The van der Waals surface area contributed by atoms with E-state index < -0.39 is 5.82 Å². The molecule has 0 atom stereocenters. The maximum Gasteiger partial charge on any atom is 0.172 e. The van der Waals surface area contributed by atoms with Crippen molar-refractivity contribution in [1.29, 1.82) is 0 Å². The molecule has 23 heavy (non-hydrogen) atoms. The highest BCUT2D eigenvalue weighted by atomic mass is 35.5. The number of aromatic nitrogens is 1. The summed E-state index contributed by atoms with van der Waals surface area (Å²) in [5.74, 6) is 0.128. The van der Waals surface area contributed by atoms with Gasteiger partial charge in [0.05, 0.1) is 10.6 Å². The lowest BCUT2D eigenvalue weighted by Crippen LogP contribution is -1.93. The van der Waals surface area contributed by atoms with Gasteiger partial charge < -0.3 is 4.42 Å². The van der Waals surface area contributed by atoms with E-state index in [1.165, 1.54) is 13.0 Å². The lowest BCUT2D eigenvalue weighted by molar-refractivity contribution is 0.101. The van der Waals surface area contributed by atoms with Crippen molar-refractivity contribution in [2.75, 3.05) is 0 Å². The first kappa shape index (κ1) is 14.4. The Morgan fingerprint density at radius 2 is 2.13 bits per heavy atom. The molecule has 1 fully saturated rings. The van der Waals surface area contributed by atoms with Crippen LogP contribution in [0.2, 0.25) is 5.02 Å². The van der Waals surface area contributed by atoms with Crippen molar-refractivity contribution >= 4 is 28.5 Å². The third-order valence-corrected chi connectivity index (χ3v) is 4.56. The molecule has 0 saturated heterocycles. The van der Waals surface area contributed by atoms with Gasteiger partial charge in [-0.05, 0) is 43.4 Å². The van der Waals surface area contributed by atoms with E-state index in [-0.39, 0.29) is 11.3 Å². The molecule has 2 aromatic heterocycles. The fourth-order valence-corrected chi connectivity index (χ4v) is 3.05. The van der Waals surface area contributed by atoms with Gasteiger partial charge >= 0.3 is 0 Å². The van der Waals surface area contributed by atoms with Crippen LogP contribution in [0.25, 0.3) is 22.4 Å². The molecule has 4 rings (SSSR count). The number of ketones is 1. The Bertz CT molecular complexity index is 944. The predicted molar refractivity (Wildman–Crippen MR) is 86.4 cm³/mol. The number of hydrogen-bond donors (Lipinski definition) is 0. The van der Waals surface area contributed by atoms with Crippen LogP contribution in [-0.2, 0) is 0 Å². The molecule has 0 N–H and O–H groups in total. The average molecular weight is 330 g/mol. The molecule has 5 heteroatoms. The summed E-state index contributed by atoms with van der Waals surface area (Å²) in [6.45, 7) is 1.40. The topological polar surface area (TPSA) is 43.1 Å². The number of hydrogen-bond acceptors (Lipinski definition) is 3. The smallest absolute Gasteiger partial charge is 0.172 e. The van der Waals surface area contributed by atoms with Gasteiger partial charge in [-0.25, -0.2) is 4.39 Å². The van der Waals surface area contributed by atoms with Crippen LogP contribution in [0.4, 0.5) is 4.39 Å². The van der Waals surface area contributed by atoms with Crippen molar-refractivity contribution in [3.8, 4) is 11.3 Å². The van der Waals surface area contributed by atoms with E-state index in [1.807, 2.05) is 0 Å². The Hall–Kier alpha value is -2.20. The second-order valence-corrected chi connectivity index (χ2v) is 6.26. The van der Waals surface area contributed by atoms with Gasteiger partial charge in [0.15, 0.2) is 11.4 Å². The highest BCUT2D eigenvalue weighted by Gasteiger charge is 2.28. The fraction of sp³-hybridized carbons (Fsp3) is 0.222. The minimum atomic E-state index is -0.504. The number of nitrogens with zero attached hydrogens (tertiary/aromatic N) is 1. The zero-order valence-electron chi connectivity index (χ0n) is 12.4. The molecule has 3 nitrogen and oxygen atoms in total. The van der Waals surface area contributed by atoms with Crippen molar-refractivity contribution in [2.45, 2.75) is 25.7 Å². The van der Waals surface area contributed by atoms with Crippen LogP contribution < -0.4 is 0 Å². The SMILES string of the molecule is CC(=O)c1ccc(-c2cc3ncc(C4CC4)c(Cl)c3o2)c(F)c1. The number of benzene rings is 1. The summed E-state index contributed by atoms with van der Waals surface area (Å²) in [5.41, 5.74) is 2.70. The van der Waals surface area contributed by atoms with Crippen LogP contribution in [0.3, 0.4) is 0 Å². The zero-order valence-corrected chi connectivity index (χ0v) is 13.2. The molecule has 1 saturated carbocycles. The van der Waals surface area contributed by atoms with E-state index >= 15 is 0 Å². The monoisotopic (exact) mass is 329 g/mol. The lowest BCUT2D eigenvalue weighted by atomic mass is 10.1. The molecule has 0 unspecified atom stereocenters. The summed E-state index contributed by atoms with van der Waals surface area (Å²) in [7, 11) is 0. The first-order valence-electron chi connectivity index (χ1n) is 7.43. The zero-order chi connectivity index (χ0) is 16.1. The molecule has 0 radical (unpaired) electrons. The number of Topliss-reactive ketones (excluding diaryl/α,β-unsaturated/α-hetero) is 1. The molecule has 3 aromatic rings. The highest BCUT2D eigenvalue weighted by Crippen LogP contribution is 2.45. The number of furan rings is 1. The highest BCUT2D eigenvalue weighted by molar-refractivity contribution is 6.35. The summed E-state index contributed by atoms with van der Waals surface area (Å²) in [6.07, 6.45) is 4.00. The van der Waals surface area contributed by atoms with E-state index in [4.69, 9.17) is 16.0 Å². The van der Waals surface area contributed by atoms with Crippen LogP contribution in [0.5, 0.6) is 0 Å². The van der Waals surface area contributed by atoms with Gasteiger partial charge in [0.25, 0.3) is 0 Å². The molecule has 2 heterocycles. The third-order valence-electron chi connectivity index (χ3n) is 4.17. The van der Waals surface area contributed by atoms with Crippen LogP contribution >= 0.6 is 11.6 Å². The fourth-order valence-electron chi connectivity index (χ4n) is 2.71. The Balaban J connectivity index is 1.83. The number of halogens is 2. The number of fused-ring (bicyclic) bond motifs is 1. The summed E-state index contributed by atoms with van der Waals surface area (Å²) >= 11 is 6.41. The molecular weight excluding hydrogens is 317 g/mol. The molecule has 1 aromatic carbocycles. The molecule has 0 bridgehead atoms. The van der Waals surface area contributed by atoms with E-state index in [2.05, 4.69) is 4.98 Å². The van der Waals surface area contributed by atoms with Gasteiger partial charge in [0.2, 0.25) is 0 Å². The predicted octanol–water partition coefficient (Wildman–Crippen LogP) is 5.37. The van der Waals surface area contributed by atoms with Gasteiger partial charge in [-0.15, -0.1) is 0 Å². The van der Waals surface area contributed by atoms with Crippen LogP contribution in [-0.4, -0.2) is 10.8 Å². The average Bonchev–Trinajstić information content (AvgIpc) is 3.26. The van der Waals surface area contributed by atoms with Crippen molar-refractivity contribution in [3.05, 3.63) is 52.4 Å². The summed E-state index contributed by atoms with van der Waals surface area (Å²) < 4.78 is 20.0. The molecule has 116 valence electrons. The second kappa shape index (κ2) is 5.17. The quantitative estimate of drug-likeness (QED) is 0.607. The molecule has 0 spiro atoms. The molecule has 0 amide bonds. The first-order chi connectivity index (χ1) is 11.0. The van der Waals surface area contributed by atoms with E-state index in [0.717, 1.165) is 18.4 Å². The molecule has 0 aliphatic heterocycles. The van der Waals surface area contributed by atoms with Crippen LogP contribution in [0, 0.1) is 5.82 Å². The summed E-state index contributed by atoms with van der Waals surface area (Å²) in [4.78, 5) is 15.7. The number of pyridine rings is 1. The maximum atomic E-state index is 14.3. The van der Waals surface area contributed by atoms with Crippen LogP contribution in [0.15, 0.2) is 34.9 Å². The van der Waals surface area contributed by atoms with Crippen molar-refractivity contribution in [1.82, 2.24) is 4.98 Å². The second-order valence-electron chi connectivity index (χ2n) is 5.88. The molecule has 1 aliphatic carbocycles. The molecule has 1 aliphatic rings. The normalized spacial score (nSPS) is 14.4. The van der Waals surface area contributed by atoms with Crippen molar-refractivity contribution < 1.29 is 13.6 Å². The maximum absolute atomic E-state index is 14.3. The standard InChI is InChI=1S/C18H13ClFNO2/c1-9(22)11-4-5-12(14(20)6-11)16-7-15-18(23-16)17(19)13(8-21-15)10-2-3-10/h4-8,10H,2-3H2,1H3. The number of rotatable bonds is 3. The Morgan fingerprint density at radius 1 is 1.35 bits per heavy atom. The first-order valence-corrected chi connectivity index (χ1v) is 7.81. The van der Waals surface area contributed by atoms with E-state index in [0.29, 0.717) is 33.4 Å². The number of carbonyl (C=O) groups is 1. The lowest BCUT2D eigenvalue weighted by Gasteiger charge is -2.02. The summed E-state index contributed by atoms with van der Waals surface area (Å²) in [6, 6.07) is 6.01. The minimum Gasteiger partial charge on any atom is -0.453 e. The Morgan fingerprint density at radius 3 is 2.78 bits per heavy atom. The van der Waals surface area contributed by atoms with Gasteiger partial charge in [0, 0.05) is 17.8 Å². The van der Waals surface area contributed by atoms with Gasteiger partial charge in [0.1, 0.15) is 17.1 Å². The minimum absolute atomic E-state index is 0.182. The van der Waals surface area contributed by atoms with Crippen molar-refractivity contribution in [2.24, 2.45) is 0 Å². The molecular formula is C18H13ClFNO2. The van der Waals surface area contributed by atoms with Gasteiger partial charge in [-0.1, -0.05) is 17.7 Å². The van der Waals surface area contributed by atoms with Crippen LogP contribution in [0.1, 0.15) is 41.6 Å². The van der Waals surface area contributed by atoms with E-state index in [1.54, 1.807) is 24.4 Å². The number of carbonyl (C=O) groups excluding carboxylic acids is 1. The Labute approximate surface area is 137 Å². The Kier molecular flexibility index (Phi) is 3.23. The summed E-state index contributed by atoms with van der Waals surface area (Å²) in [5, 5.41) is 0.560. The largest absolute Gasteiger partial charge is 0.453 e. The van der Waals surface area contributed by atoms with Gasteiger partial charge in [-0.3, -0.25) is 9.78 Å². The third kappa shape index (κ3) is 2.43. The van der Waals surface area contributed by atoms with Crippen molar-refractivity contribution in [3.63, 3.8) is 0 Å².